The molecule has 0 bridgehead atoms. The highest BCUT2D eigenvalue weighted by Gasteiger charge is 2.36. The van der Waals surface area contributed by atoms with E-state index < -0.39 is 13.9 Å². The number of hydrogen-bond acceptors (Lipinski definition) is 0. The lowest BCUT2D eigenvalue weighted by Gasteiger charge is -2.03. The fourth-order valence-electron chi connectivity index (χ4n) is 0. The van der Waals surface area contributed by atoms with Crippen molar-refractivity contribution >= 4 is 19.2 Å². The van der Waals surface area contributed by atoms with Gasteiger partial charge in [-0.2, -0.15) is 24.3 Å². The molecule has 1 radical (unpaired) electrons. The molecule has 0 nitrogen and oxygen atoms in total. The van der Waals surface area contributed by atoms with Gasteiger partial charge in [-0.25, -0.2) is 0 Å². The van der Waals surface area contributed by atoms with E-state index >= 15 is 0 Å². The van der Waals surface area contributed by atoms with Gasteiger partial charge < -0.3 is 0 Å². The van der Waals surface area contributed by atoms with Gasteiger partial charge in [-0.3, -0.25) is 0 Å². The van der Waals surface area contributed by atoms with Crippen LogP contribution in [0.4, 0.5) is 13.2 Å². The van der Waals surface area contributed by atoms with Crippen LogP contribution >= 0.6 is 11.1 Å². The molecule has 0 heterocycles. The lowest BCUT2D eigenvalue weighted by Crippen LogP contribution is -2.24. The largest absolute Gasteiger partial charge is 0.376 e. The van der Waals surface area contributed by atoms with Gasteiger partial charge in [0.05, 0.1) is 0 Å². The van der Waals surface area contributed by atoms with Gasteiger partial charge in [-0.05, 0) is 6.55 Å². The van der Waals surface area contributed by atoms with Crippen LogP contribution in [0.5, 0.6) is 0 Å². The molecular weight excluding hydrogens is 145 g/mol. The van der Waals surface area contributed by atoms with E-state index in [0.29, 0.717) is 0 Å². The number of hydrogen-bond donors (Lipinski definition) is 0. The van der Waals surface area contributed by atoms with E-state index in [9.17, 15) is 13.2 Å². The maximum absolute atomic E-state index is 11.1. The molecule has 0 fully saturated rings. The van der Waals surface area contributed by atoms with E-state index in [2.05, 4.69) is 0 Å². The molecule has 43 valence electrons. The molecule has 0 amide bonds. The molecule has 0 atom stereocenters. The summed E-state index contributed by atoms with van der Waals surface area (Å²) in [7, 11) is -2.58. The SMILES string of the molecule is C[Si](Cl)C(F)(F)F. The van der Waals surface area contributed by atoms with Crippen LogP contribution in [0.1, 0.15) is 0 Å². The number of rotatable bonds is 0. The second-order valence-corrected chi connectivity index (χ2v) is 4.37. The highest BCUT2D eigenvalue weighted by Crippen LogP contribution is 2.20. The lowest BCUT2D eigenvalue weighted by atomic mass is 11.5. The van der Waals surface area contributed by atoms with Crippen LogP contribution in [0.2, 0.25) is 6.55 Å². The molecule has 0 aromatic heterocycles. The third-order valence-electron chi connectivity index (χ3n) is 0.391. The van der Waals surface area contributed by atoms with Crippen molar-refractivity contribution in [3.05, 3.63) is 0 Å². The molecule has 0 spiro atoms. The summed E-state index contributed by atoms with van der Waals surface area (Å²) in [5.74, 6) is -4.13. The topological polar surface area (TPSA) is 0 Å². The first kappa shape index (κ1) is 7.30. The van der Waals surface area contributed by atoms with E-state index in [1.165, 1.54) is 0 Å². The maximum Gasteiger partial charge on any atom is 0.376 e. The Morgan fingerprint density at radius 1 is 1.43 bits per heavy atom. The molecular formula is C2H3ClF3Si. The van der Waals surface area contributed by atoms with Crippen molar-refractivity contribution in [3.8, 4) is 0 Å². The molecule has 0 aliphatic rings. The van der Waals surface area contributed by atoms with Crippen LogP contribution in [0.25, 0.3) is 0 Å². The second-order valence-electron chi connectivity index (χ2n) is 1.03. The average Bonchev–Trinajstić information content (AvgIpc) is 1.31. The summed E-state index contributed by atoms with van der Waals surface area (Å²) in [4.78, 5) is 0. The molecule has 0 aromatic carbocycles. The zero-order valence-electron chi connectivity index (χ0n) is 3.51. The normalized spacial score (nSPS) is 12.9. The molecule has 0 aliphatic carbocycles. The highest BCUT2D eigenvalue weighted by atomic mass is 35.6. The third-order valence-corrected chi connectivity index (χ3v) is 1.81. The van der Waals surface area contributed by atoms with Crippen molar-refractivity contribution in [3.63, 3.8) is 0 Å². The Hall–Kier alpha value is 0.297. The zero-order chi connectivity index (χ0) is 6.08. The van der Waals surface area contributed by atoms with Crippen LogP contribution in [0.3, 0.4) is 0 Å². The fraction of sp³-hybridized carbons (Fsp3) is 1.00. The summed E-state index contributed by atoms with van der Waals surface area (Å²) in [6, 6.07) is 0. The molecule has 0 unspecified atom stereocenters. The monoisotopic (exact) mass is 147 g/mol. The number of alkyl halides is 3. The molecule has 0 saturated heterocycles. The van der Waals surface area contributed by atoms with E-state index in [0.717, 1.165) is 6.55 Å². The van der Waals surface area contributed by atoms with Crippen LogP contribution in [-0.2, 0) is 0 Å². The highest BCUT2D eigenvalue weighted by molar-refractivity contribution is 7.07. The Bertz CT molecular complexity index is 58.4. The first-order valence-corrected chi connectivity index (χ1v) is 4.52. The Labute approximate surface area is 45.6 Å². The van der Waals surface area contributed by atoms with Crippen molar-refractivity contribution in [2.24, 2.45) is 0 Å². The lowest BCUT2D eigenvalue weighted by molar-refractivity contribution is -0.0483. The quantitative estimate of drug-likeness (QED) is 0.363. The van der Waals surface area contributed by atoms with Crippen molar-refractivity contribution in [1.82, 2.24) is 0 Å². The second kappa shape index (κ2) is 2.04. The Balaban J connectivity index is 3.54. The predicted molar refractivity (Wildman–Crippen MR) is 23.5 cm³/mol. The van der Waals surface area contributed by atoms with Gasteiger partial charge in [0.15, 0.2) is 0 Å². The smallest absolute Gasteiger partial charge is 0.175 e. The van der Waals surface area contributed by atoms with E-state index in [1.54, 1.807) is 0 Å². The Morgan fingerprint density at radius 2 is 1.57 bits per heavy atom. The van der Waals surface area contributed by atoms with Crippen molar-refractivity contribution in [1.29, 1.82) is 0 Å². The standard InChI is InChI=1S/C2H3ClF3Si/c1-7(3)2(4,5)6/h1H3. The molecule has 5 heteroatoms. The van der Waals surface area contributed by atoms with Crippen molar-refractivity contribution in [2.45, 2.75) is 12.3 Å². The summed E-state index contributed by atoms with van der Waals surface area (Å²) in [6.45, 7) is 0.992. The first-order chi connectivity index (χ1) is 2.94. The van der Waals surface area contributed by atoms with Gasteiger partial charge in [0.2, 0.25) is 0 Å². The Morgan fingerprint density at radius 3 is 1.57 bits per heavy atom. The average molecular weight is 148 g/mol. The minimum absolute atomic E-state index is 0.992. The predicted octanol–water partition coefficient (Wildman–Crippen LogP) is 1.95. The van der Waals surface area contributed by atoms with Crippen LogP contribution < -0.4 is 0 Å². The van der Waals surface area contributed by atoms with Gasteiger partial charge in [0.1, 0.15) is 0 Å². The zero-order valence-corrected chi connectivity index (χ0v) is 5.27. The summed E-state index contributed by atoms with van der Waals surface area (Å²) < 4.78 is 33.3. The van der Waals surface area contributed by atoms with E-state index in [4.69, 9.17) is 11.1 Å². The molecule has 0 rings (SSSR count). The molecule has 0 aliphatic heterocycles. The molecule has 0 saturated carbocycles. The molecule has 0 aromatic rings. The summed E-state index contributed by atoms with van der Waals surface area (Å²) in [5, 5.41) is 0. The Kier molecular flexibility index (Phi) is 2.13. The van der Waals surface area contributed by atoms with Crippen molar-refractivity contribution in [2.75, 3.05) is 0 Å². The third kappa shape index (κ3) is 2.93. The first-order valence-electron chi connectivity index (χ1n) is 1.51. The summed E-state index contributed by atoms with van der Waals surface area (Å²) in [5.41, 5.74) is 0. The van der Waals surface area contributed by atoms with Gasteiger partial charge in [-0.1, -0.05) is 0 Å². The van der Waals surface area contributed by atoms with Gasteiger partial charge in [0, 0.05) is 0 Å². The molecule has 0 N–H and O–H groups in total. The summed E-state index contributed by atoms with van der Waals surface area (Å²) >= 11 is 4.73. The van der Waals surface area contributed by atoms with E-state index in [1.807, 2.05) is 0 Å². The van der Waals surface area contributed by atoms with E-state index in [-0.39, 0.29) is 0 Å². The summed E-state index contributed by atoms with van der Waals surface area (Å²) in [6.07, 6.45) is 0. The van der Waals surface area contributed by atoms with Crippen molar-refractivity contribution < 1.29 is 13.2 Å². The van der Waals surface area contributed by atoms with Crippen LogP contribution in [0, 0.1) is 0 Å². The van der Waals surface area contributed by atoms with Gasteiger partial charge in [0.25, 0.3) is 8.11 Å². The maximum atomic E-state index is 11.1. The van der Waals surface area contributed by atoms with Crippen LogP contribution in [0.15, 0.2) is 0 Å². The van der Waals surface area contributed by atoms with Gasteiger partial charge in [-0.15, -0.1) is 0 Å². The fourth-order valence-corrected chi connectivity index (χ4v) is 0. The minimum Gasteiger partial charge on any atom is -0.175 e. The van der Waals surface area contributed by atoms with Crippen LogP contribution in [-0.4, -0.2) is 13.9 Å². The minimum atomic E-state index is -4.13. The number of halogens is 4. The molecule has 7 heavy (non-hydrogen) atoms. The van der Waals surface area contributed by atoms with Gasteiger partial charge >= 0.3 is 5.80 Å².